The van der Waals surface area contributed by atoms with Gasteiger partial charge < -0.3 is 10.7 Å². The zero-order chi connectivity index (χ0) is 24.7. The van der Waals surface area contributed by atoms with Gasteiger partial charge in [-0.05, 0) is 24.3 Å². The molecule has 5 aromatic rings. The van der Waals surface area contributed by atoms with Crippen LogP contribution in [0.5, 0.6) is 0 Å². The summed E-state index contributed by atoms with van der Waals surface area (Å²) in [5.41, 5.74) is 4.45. The normalized spacial score (nSPS) is 11.0. The molecule has 0 aliphatic heterocycles. The zero-order valence-corrected chi connectivity index (χ0v) is 17.7. The molecule has 5 rings (SSSR count). The number of nitrogens with two attached hydrogens (primary N) is 1. The van der Waals surface area contributed by atoms with Gasteiger partial charge in [-0.3, -0.25) is 23.9 Å². The lowest BCUT2D eigenvalue weighted by Gasteiger charge is -2.07. The highest BCUT2D eigenvalue weighted by atomic mass is 19.1. The first-order valence-corrected chi connectivity index (χ1v) is 10.1. The highest BCUT2D eigenvalue weighted by molar-refractivity contribution is 6.17. The van der Waals surface area contributed by atoms with Crippen LogP contribution >= 0.6 is 0 Å². The number of pyridine rings is 2. The summed E-state index contributed by atoms with van der Waals surface area (Å²) in [6, 6.07) is 7.94. The minimum absolute atomic E-state index is 0.0609. The molecular formula is C24H14F2N6O3. The van der Waals surface area contributed by atoms with Crippen LogP contribution in [0.4, 0.5) is 8.78 Å². The van der Waals surface area contributed by atoms with Crippen molar-refractivity contribution < 1.29 is 18.4 Å². The number of nitrogens with zero attached hydrogens (tertiary/aromatic N) is 4. The van der Waals surface area contributed by atoms with E-state index in [1.165, 1.54) is 35.4 Å². The third kappa shape index (κ3) is 3.74. The monoisotopic (exact) mass is 472 g/mol. The molecule has 0 aliphatic carbocycles. The molecule has 9 nitrogen and oxygen atoms in total. The molecule has 0 saturated carbocycles. The van der Waals surface area contributed by atoms with Crippen LogP contribution < -0.4 is 11.3 Å². The number of H-pyrrole nitrogens is 1. The summed E-state index contributed by atoms with van der Waals surface area (Å²) in [6.07, 6.45) is 7.16. The Morgan fingerprint density at radius 2 is 1.80 bits per heavy atom. The first-order chi connectivity index (χ1) is 16.8. The molecule has 0 aliphatic rings. The van der Waals surface area contributed by atoms with Gasteiger partial charge in [-0.15, -0.1) is 0 Å². The number of primary amides is 1. The molecule has 0 unspecified atom stereocenters. The molecule has 0 spiro atoms. The van der Waals surface area contributed by atoms with Crippen LogP contribution in [0.15, 0.2) is 72.2 Å². The Morgan fingerprint density at radius 3 is 2.51 bits per heavy atom. The highest BCUT2D eigenvalue weighted by Crippen LogP contribution is 2.27. The van der Waals surface area contributed by atoms with E-state index in [2.05, 4.69) is 19.9 Å². The smallest absolute Gasteiger partial charge is 0.256 e. The summed E-state index contributed by atoms with van der Waals surface area (Å²) in [5.74, 6) is -4.27. The molecule has 0 fully saturated rings. The number of benzene rings is 1. The third-order valence-corrected chi connectivity index (χ3v) is 5.36. The Bertz CT molecular complexity index is 1690. The van der Waals surface area contributed by atoms with E-state index in [1.54, 1.807) is 24.4 Å². The SMILES string of the molecule is NC(=O)c1ccc(F)c(C(=O)c2c[nH]c3ncc(-c4cnc(-n5ccccc5=O)cn4)cc23)c1F. The Balaban J connectivity index is 1.56. The fourth-order valence-electron chi connectivity index (χ4n) is 3.63. The first-order valence-electron chi connectivity index (χ1n) is 10.1. The lowest BCUT2D eigenvalue weighted by molar-refractivity contribution is 0.0996. The number of nitrogens with one attached hydrogen (secondary N) is 1. The average Bonchev–Trinajstić information content (AvgIpc) is 3.27. The maximum Gasteiger partial charge on any atom is 0.256 e. The summed E-state index contributed by atoms with van der Waals surface area (Å²) in [7, 11) is 0. The maximum atomic E-state index is 14.7. The summed E-state index contributed by atoms with van der Waals surface area (Å²) in [4.78, 5) is 52.1. The molecule has 172 valence electrons. The maximum absolute atomic E-state index is 14.7. The van der Waals surface area contributed by atoms with Crippen LogP contribution in [0.2, 0.25) is 0 Å². The van der Waals surface area contributed by atoms with E-state index < -0.39 is 34.5 Å². The number of carbonyl (C=O) groups excluding carboxylic acids is 2. The third-order valence-electron chi connectivity index (χ3n) is 5.36. The zero-order valence-electron chi connectivity index (χ0n) is 17.7. The van der Waals surface area contributed by atoms with Crippen LogP contribution in [0.25, 0.3) is 28.1 Å². The van der Waals surface area contributed by atoms with E-state index >= 15 is 0 Å². The van der Waals surface area contributed by atoms with E-state index in [0.29, 0.717) is 22.7 Å². The Labute approximate surface area is 194 Å². The van der Waals surface area contributed by atoms with Crippen molar-refractivity contribution in [2.24, 2.45) is 5.73 Å². The standard InChI is InChI=1S/C24H14F2N6O3/c25-16-5-4-13(23(27)35)21(26)20(16)22(34)15-9-31-24-14(15)7-12(8-30-24)17-10-29-18(11-28-17)32-6-2-1-3-19(32)33/h1-11H,(H2,27,35)(H,30,31). The minimum atomic E-state index is -1.33. The van der Waals surface area contributed by atoms with Crippen LogP contribution in [-0.2, 0) is 0 Å². The molecule has 35 heavy (non-hydrogen) atoms. The number of halogens is 2. The molecule has 0 bridgehead atoms. The largest absolute Gasteiger partial charge is 0.366 e. The van der Waals surface area contributed by atoms with Crippen LogP contribution in [0.3, 0.4) is 0 Å². The lowest BCUT2D eigenvalue weighted by atomic mass is 9.99. The predicted molar refractivity (Wildman–Crippen MR) is 121 cm³/mol. The number of rotatable bonds is 5. The van der Waals surface area contributed by atoms with Gasteiger partial charge in [0.05, 0.1) is 29.2 Å². The van der Waals surface area contributed by atoms with Crippen molar-refractivity contribution in [3.05, 3.63) is 106 Å². The Hall–Kier alpha value is -5.06. The van der Waals surface area contributed by atoms with Crippen molar-refractivity contribution >= 4 is 22.7 Å². The van der Waals surface area contributed by atoms with E-state index in [0.717, 1.165) is 12.1 Å². The molecule has 1 aromatic carbocycles. The summed E-state index contributed by atoms with van der Waals surface area (Å²) >= 11 is 0. The van der Waals surface area contributed by atoms with Gasteiger partial charge in [-0.2, -0.15) is 0 Å². The van der Waals surface area contributed by atoms with Gasteiger partial charge in [-0.25, -0.2) is 18.7 Å². The number of ketones is 1. The number of aromatic nitrogens is 5. The molecule has 11 heteroatoms. The highest BCUT2D eigenvalue weighted by Gasteiger charge is 2.26. The van der Waals surface area contributed by atoms with E-state index in [1.807, 2.05) is 0 Å². The van der Waals surface area contributed by atoms with Gasteiger partial charge >= 0.3 is 0 Å². The van der Waals surface area contributed by atoms with Gasteiger partial charge in [0.1, 0.15) is 17.3 Å². The second-order valence-corrected chi connectivity index (χ2v) is 7.47. The van der Waals surface area contributed by atoms with Crippen molar-refractivity contribution in [1.82, 2.24) is 24.5 Å². The molecule has 3 N–H and O–H groups in total. The van der Waals surface area contributed by atoms with Crippen LogP contribution in [-0.4, -0.2) is 36.2 Å². The minimum Gasteiger partial charge on any atom is -0.366 e. The Kier molecular flexibility index (Phi) is 5.21. The fraction of sp³-hybridized carbons (Fsp3) is 0. The number of amides is 1. The first kappa shape index (κ1) is 21.8. The second kappa shape index (κ2) is 8.37. The number of fused-ring (bicyclic) bond motifs is 1. The Morgan fingerprint density at radius 1 is 0.971 bits per heavy atom. The number of aromatic amines is 1. The van der Waals surface area contributed by atoms with Crippen molar-refractivity contribution in [3.63, 3.8) is 0 Å². The quantitative estimate of drug-likeness (QED) is 0.378. The molecule has 4 heterocycles. The molecule has 0 atom stereocenters. The topological polar surface area (TPSA) is 137 Å². The van der Waals surface area contributed by atoms with E-state index in [9.17, 15) is 23.2 Å². The lowest BCUT2D eigenvalue weighted by Crippen LogP contribution is -2.17. The van der Waals surface area contributed by atoms with Crippen LogP contribution in [0.1, 0.15) is 26.3 Å². The number of hydrogen-bond donors (Lipinski definition) is 2. The van der Waals surface area contributed by atoms with Crippen molar-refractivity contribution in [1.29, 1.82) is 0 Å². The second-order valence-electron chi connectivity index (χ2n) is 7.47. The fourth-order valence-corrected chi connectivity index (χ4v) is 3.63. The van der Waals surface area contributed by atoms with Crippen LogP contribution in [0, 0.1) is 11.6 Å². The van der Waals surface area contributed by atoms with E-state index in [4.69, 9.17) is 5.73 Å². The van der Waals surface area contributed by atoms with Gasteiger partial charge in [0, 0.05) is 41.2 Å². The average molecular weight is 472 g/mol. The summed E-state index contributed by atoms with van der Waals surface area (Å²) in [5, 5.41) is 0.279. The van der Waals surface area contributed by atoms with Gasteiger partial charge in [0.15, 0.2) is 5.82 Å². The molecule has 0 radical (unpaired) electrons. The van der Waals surface area contributed by atoms with Gasteiger partial charge in [0.25, 0.3) is 11.5 Å². The molecule has 4 aromatic heterocycles. The number of carbonyl (C=O) groups is 2. The van der Waals surface area contributed by atoms with E-state index in [-0.39, 0.29) is 16.5 Å². The number of hydrogen-bond acceptors (Lipinski definition) is 6. The summed E-state index contributed by atoms with van der Waals surface area (Å²) < 4.78 is 30.5. The molecule has 1 amide bonds. The molecule has 0 saturated heterocycles. The molecular weight excluding hydrogens is 458 g/mol. The summed E-state index contributed by atoms with van der Waals surface area (Å²) in [6.45, 7) is 0. The van der Waals surface area contributed by atoms with Gasteiger partial charge in [-0.1, -0.05) is 6.07 Å². The van der Waals surface area contributed by atoms with Crippen molar-refractivity contribution in [2.75, 3.05) is 0 Å². The van der Waals surface area contributed by atoms with Crippen molar-refractivity contribution in [2.45, 2.75) is 0 Å². The predicted octanol–water partition coefficient (Wildman–Crippen LogP) is 2.78. The van der Waals surface area contributed by atoms with Gasteiger partial charge in [0.2, 0.25) is 5.78 Å². The van der Waals surface area contributed by atoms with Crippen molar-refractivity contribution in [3.8, 4) is 17.1 Å².